The first-order valence-electron chi connectivity index (χ1n) is 14.0. The minimum Gasteiger partial charge on any atom is -0.477 e. The summed E-state index contributed by atoms with van der Waals surface area (Å²) in [6, 6.07) is 8.08. The van der Waals surface area contributed by atoms with Crippen LogP contribution < -0.4 is 16.4 Å². The number of carboxylic acids is 1. The lowest BCUT2D eigenvalue weighted by atomic mass is 10.1. The van der Waals surface area contributed by atoms with Crippen LogP contribution in [-0.4, -0.2) is 75.8 Å². The van der Waals surface area contributed by atoms with Gasteiger partial charge < -0.3 is 30.8 Å². The minimum absolute atomic E-state index is 0.120. The van der Waals surface area contributed by atoms with Gasteiger partial charge in [-0.15, -0.1) is 0 Å². The maximum atomic E-state index is 13.3. The number of hydrogen-bond donors (Lipinski definition) is 4. The number of halogens is 3. The molecule has 0 unspecified atom stereocenters. The largest absolute Gasteiger partial charge is 0.477 e. The Bertz CT molecular complexity index is 1620. The number of amides is 1. The number of benzene rings is 2. The van der Waals surface area contributed by atoms with Crippen molar-refractivity contribution in [2.24, 2.45) is 0 Å². The maximum Gasteiger partial charge on any atom is 0.416 e. The average molecular weight is 646 g/mol. The first-order valence-corrected chi connectivity index (χ1v) is 14.8. The first-order chi connectivity index (χ1) is 21.4. The SMILES string of the molecule is Cc1cn(-c2cc(C(=O)Nc3ccc(C)c(N)c3)cc(C(F)(F)F)c2)cn1.O=C(O)c1cnc(NCCCN2CCOCC2)s1. The van der Waals surface area contributed by atoms with Gasteiger partial charge in [-0.1, -0.05) is 17.4 Å². The first kappa shape index (κ1) is 33.4. The van der Waals surface area contributed by atoms with Gasteiger partial charge >= 0.3 is 12.1 Å². The van der Waals surface area contributed by atoms with Crippen LogP contribution in [0.4, 0.5) is 29.7 Å². The Morgan fingerprint density at radius 3 is 2.49 bits per heavy atom. The molecule has 15 heteroatoms. The van der Waals surface area contributed by atoms with Crippen molar-refractivity contribution in [3.63, 3.8) is 0 Å². The molecular formula is C30H34F3N7O4S. The summed E-state index contributed by atoms with van der Waals surface area (Å²) in [6.45, 7) is 9.02. The fourth-order valence-corrected chi connectivity index (χ4v) is 5.00. The van der Waals surface area contributed by atoms with E-state index in [1.807, 2.05) is 6.92 Å². The van der Waals surface area contributed by atoms with Crippen LogP contribution in [0.3, 0.4) is 0 Å². The zero-order valence-electron chi connectivity index (χ0n) is 24.7. The molecule has 0 bridgehead atoms. The number of ether oxygens (including phenoxy) is 1. The normalized spacial score (nSPS) is 13.5. The molecule has 2 aromatic carbocycles. The van der Waals surface area contributed by atoms with E-state index in [0.29, 0.717) is 22.2 Å². The van der Waals surface area contributed by atoms with Crippen molar-refractivity contribution in [2.75, 3.05) is 55.8 Å². The molecule has 5 N–H and O–H groups in total. The van der Waals surface area contributed by atoms with Crippen molar-refractivity contribution in [1.82, 2.24) is 19.4 Å². The zero-order chi connectivity index (χ0) is 32.6. The molecule has 45 heavy (non-hydrogen) atoms. The number of aromatic nitrogens is 3. The van der Waals surface area contributed by atoms with E-state index in [-0.39, 0.29) is 16.1 Å². The van der Waals surface area contributed by atoms with E-state index in [2.05, 4.69) is 25.5 Å². The molecule has 4 aromatic rings. The number of rotatable bonds is 9. The molecule has 0 atom stereocenters. The third-order valence-corrected chi connectivity index (χ3v) is 7.74. The van der Waals surface area contributed by atoms with Crippen molar-refractivity contribution < 1.29 is 32.6 Å². The Morgan fingerprint density at radius 2 is 1.87 bits per heavy atom. The summed E-state index contributed by atoms with van der Waals surface area (Å²) in [7, 11) is 0. The van der Waals surface area contributed by atoms with Gasteiger partial charge in [0.1, 0.15) is 4.88 Å². The summed E-state index contributed by atoms with van der Waals surface area (Å²) in [6.07, 6.45) is 0.791. The number of anilines is 3. The Morgan fingerprint density at radius 1 is 1.11 bits per heavy atom. The highest BCUT2D eigenvalue weighted by atomic mass is 32.1. The third-order valence-electron chi connectivity index (χ3n) is 6.80. The highest BCUT2D eigenvalue weighted by Gasteiger charge is 2.32. The van der Waals surface area contributed by atoms with Gasteiger partial charge in [0, 0.05) is 48.5 Å². The number of thiazole rings is 1. The summed E-state index contributed by atoms with van der Waals surface area (Å²) in [5, 5.41) is 15.2. The Kier molecular flexibility index (Phi) is 11.1. The van der Waals surface area contributed by atoms with Gasteiger partial charge in [-0.2, -0.15) is 13.2 Å². The van der Waals surface area contributed by atoms with Gasteiger partial charge in [-0.25, -0.2) is 14.8 Å². The highest BCUT2D eigenvalue weighted by Crippen LogP contribution is 2.32. The van der Waals surface area contributed by atoms with Crippen molar-refractivity contribution in [2.45, 2.75) is 26.4 Å². The van der Waals surface area contributed by atoms with Crippen LogP contribution in [-0.2, 0) is 10.9 Å². The standard InChI is InChI=1S/C19H17F3N4O.C11H17N3O3S/c1-11-3-4-15(8-17(11)23)25-18(27)13-5-14(19(20,21)22)7-16(6-13)26-9-12(2)24-10-26;15-10(16)9-8-13-11(18-9)12-2-1-3-14-4-6-17-7-5-14/h3-10H,23H2,1-2H3,(H,25,27);8H,1-7H2,(H,12,13)(H,15,16). The second-order valence-electron chi connectivity index (χ2n) is 10.3. The van der Waals surface area contributed by atoms with E-state index in [9.17, 15) is 22.8 Å². The number of hydrogen-bond acceptors (Lipinski definition) is 9. The molecule has 0 aliphatic carbocycles. The number of aryl methyl sites for hydroxylation is 2. The number of alkyl halides is 3. The van der Waals surface area contributed by atoms with Crippen LogP contribution in [0.2, 0.25) is 0 Å². The van der Waals surface area contributed by atoms with E-state index in [4.69, 9.17) is 15.6 Å². The summed E-state index contributed by atoms with van der Waals surface area (Å²) in [5.41, 5.74) is 7.33. The predicted octanol–water partition coefficient (Wildman–Crippen LogP) is 5.32. The van der Waals surface area contributed by atoms with E-state index in [1.54, 1.807) is 31.3 Å². The Balaban J connectivity index is 0.000000222. The zero-order valence-corrected chi connectivity index (χ0v) is 25.5. The summed E-state index contributed by atoms with van der Waals surface area (Å²) in [5.74, 6) is -1.59. The average Bonchev–Trinajstić information content (AvgIpc) is 3.67. The van der Waals surface area contributed by atoms with Gasteiger partial charge in [0.05, 0.1) is 37.0 Å². The number of carboxylic acid groups (broad SMARTS) is 1. The second kappa shape index (κ2) is 15.0. The fraction of sp³-hybridized carbons (Fsp3) is 0.333. The molecule has 240 valence electrons. The Labute approximate surface area is 261 Å². The number of nitrogens with two attached hydrogens (primary N) is 1. The number of nitrogens with one attached hydrogen (secondary N) is 2. The topological polar surface area (TPSA) is 148 Å². The van der Waals surface area contributed by atoms with E-state index in [0.717, 1.165) is 63.5 Å². The van der Waals surface area contributed by atoms with Crippen molar-refractivity contribution in [3.8, 4) is 5.69 Å². The van der Waals surface area contributed by atoms with Gasteiger partial charge in [0.15, 0.2) is 5.13 Å². The van der Waals surface area contributed by atoms with Gasteiger partial charge in [-0.05, 0) is 62.7 Å². The van der Waals surface area contributed by atoms with Crippen LogP contribution in [0.15, 0.2) is 55.1 Å². The van der Waals surface area contributed by atoms with Crippen LogP contribution in [0, 0.1) is 13.8 Å². The molecule has 5 rings (SSSR count). The van der Waals surface area contributed by atoms with Crippen molar-refractivity contribution >= 4 is 39.7 Å². The molecule has 0 radical (unpaired) electrons. The van der Waals surface area contributed by atoms with Crippen LogP contribution >= 0.6 is 11.3 Å². The molecule has 3 heterocycles. The molecule has 1 saturated heterocycles. The lowest BCUT2D eigenvalue weighted by molar-refractivity contribution is -0.137. The number of carbonyl (C=O) groups excluding carboxylic acids is 1. The predicted molar refractivity (Wildman–Crippen MR) is 166 cm³/mol. The van der Waals surface area contributed by atoms with Crippen molar-refractivity contribution in [1.29, 1.82) is 0 Å². The lowest BCUT2D eigenvalue weighted by Crippen LogP contribution is -2.37. The lowest BCUT2D eigenvalue weighted by Gasteiger charge is -2.26. The van der Waals surface area contributed by atoms with Gasteiger partial charge in [0.25, 0.3) is 5.91 Å². The molecule has 1 aliphatic heterocycles. The van der Waals surface area contributed by atoms with E-state index >= 15 is 0 Å². The van der Waals surface area contributed by atoms with Crippen molar-refractivity contribution in [3.05, 3.63) is 82.4 Å². The molecule has 11 nitrogen and oxygen atoms in total. The molecule has 1 aliphatic rings. The number of carbonyl (C=O) groups is 2. The number of morpholine rings is 1. The number of nitrogens with zero attached hydrogens (tertiary/aromatic N) is 4. The summed E-state index contributed by atoms with van der Waals surface area (Å²) >= 11 is 1.17. The molecular weight excluding hydrogens is 611 g/mol. The van der Waals surface area contributed by atoms with Crippen LogP contribution in [0.25, 0.3) is 5.69 Å². The Hall–Kier alpha value is -4.47. The van der Waals surface area contributed by atoms with E-state index < -0.39 is 23.6 Å². The third kappa shape index (κ3) is 9.76. The summed E-state index contributed by atoms with van der Waals surface area (Å²) in [4.78, 5) is 33.9. The van der Waals surface area contributed by atoms with Gasteiger partial charge in [-0.3, -0.25) is 9.69 Å². The number of nitrogen functional groups attached to an aromatic ring is 1. The summed E-state index contributed by atoms with van der Waals surface area (Å²) < 4.78 is 46.6. The molecule has 0 spiro atoms. The fourth-order valence-electron chi connectivity index (χ4n) is 4.32. The second-order valence-corrected chi connectivity index (χ2v) is 11.3. The number of imidazole rings is 1. The monoisotopic (exact) mass is 645 g/mol. The van der Waals surface area contributed by atoms with E-state index in [1.165, 1.54) is 34.5 Å². The smallest absolute Gasteiger partial charge is 0.416 e. The number of aromatic carboxylic acids is 1. The maximum absolute atomic E-state index is 13.3. The van der Waals surface area contributed by atoms with Crippen LogP contribution in [0.1, 0.15) is 43.3 Å². The van der Waals surface area contributed by atoms with Crippen LogP contribution in [0.5, 0.6) is 0 Å². The minimum atomic E-state index is -4.59. The highest BCUT2D eigenvalue weighted by molar-refractivity contribution is 7.17. The molecule has 1 amide bonds. The molecule has 1 fully saturated rings. The molecule has 0 saturated carbocycles. The van der Waals surface area contributed by atoms with Gasteiger partial charge in [0.2, 0.25) is 0 Å². The quantitative estimate of drug-likeness (QED) is 0.140. The molecule has 2 aromatic heterocycles.